The summed E-state index contributed by atoms with van der Waals surface area (Å²) in [5.74, 6) is 3.64. The van der Waals surface area contributed by atoms with Gasteiger partial charge in [0.15, 0.2) is 11.5 Å². The van der Waals surface area contributed by atoms with Crippen LogP contribution in [0.25, 0.3) is 5.70 Å². The molecule has 2 aromatic rings. The number of hydrogen-bond donors (Lipinski definition) is 2. The van der Waals surface area contributed by atoms with E-state index in [4.69, 9.17) is 19.2 Å². The summed E-state index contributed by atoms with van der Waals surface area (Å²) in [4.78, 5) is 5.05. The van der Waals surface area contributed by atoms with Crippen molar-refractivity contribution in [3.8, 4) is 23.0 Å². The lowest BCUT2D eigenvalue weighted by molar-refractivity contribution is 0.373. The summed E-state index contributed by atoms with van der Waals surface area (Å²) in [6.07, 6.45) is 10.8. The summed E-state index contributed by atoms with van der Waals surface area (Å²) in [5, 5.41) is 13.2. The first-order valence-corrected chi connectivity index (χ1v) is 11.7. The van der Waals surface area contributed by atoms with Gasteiger partial charge in [-0.1, -0.05) is 25.2 Å². The van der Waals surface area contributed by atoms with Crippen molar-refractivity contribution >= 4 is 23.3 Å². The number of allylic oxidation sites excluding steroid dienone is 4. The molecule has 0 saturated heterocycles. The Bertz CT molecular complexity index is 1050. The first-order chi connectivity index (χ1) is 16.1. The third-order valence-corrected chi connectivity index (χ3v) is 6.23. The molecule has 1 unspecified atom stereocenters. The number of ether oxygens (including phenoxy) is 3. The molecule has 1 heterocycles. The average molecular weight is 467 g/mol. The van der Waals surface area contributed by atoms with Gasteiger partial charge in [-0.25, -0.2) is 4.99 Å². The Hall–Kier alpha value is -3.32. The van der Waals surface area contributed by atoms with E-state index in [1.54, 1.807) is 38.1 Å². The standard InChI is InChI=1S/C26H30N2O4S/c1-5-13-33-26(19-14-20(30-2)17-21(15-19)31-3)28-25-10-8-6-7-9-22(27-25)18-11-12-23(29)24(16-18)32-4/h6-12,14-17,26,29H,5,13H2,1-4H3,(H,27,28). The highest BCUT2D eigenvalue weighted by Gasteiger charge is 2.16. The Balaban J connectivity index is 1.98. The summed E-state index contributed by atoms with van der Waals surface area (Å²) < 4.78 is 16.2. The molecule has 174 valence electrons. The fourth-order valence-corrected chi connectivity index (χ4v) is 4.18. The van der Waals surface area contributed by atoms with Gasteiger partial charge in [-0.15, -0.1) is 11.8 Å². The number of thioether (sulfide) groups is 1. The molecule has 33 heavy (non-hydrogen) atoms. The lowest BCUT2D eigenvalue weighted by atomic mass is 10.1. The van der Waals surface area contributed by atoms with Crippen LogP contribution in [0.3, 0.4) is 0 Å². The van der Waals surface area contributed by atoms with Crippen molar-refractivity contribution in [1.82, 2.24) is 5.32 Å². The van der Waals surface area contributed by atoms with Crippen LogP contribution < -0.4 is 19.5 Å². The number of aromatic hydroxyl groups is 1. The molecule has 1 aliphatic rings. The zero-order valence-corrected chi connectivity index (χ0v) is 20.2. The Morgan fingerprint density at radius 1 is 0.970 bits per heavy atom. The molecule has 0 aromatic heterocycles. The van der Waals surface area contributed by atoms with Crippen molar-refractivity contribution in [2.24, 2.45) is 4.99 Å². The van der Waals surface area contributed by atoms with Gasteiger partial charge in [0.05, 0.1) is 21.3 Å². The van der Waals surface area contributed by atoms with Crippen molar-refractivity contribution in [2.45, 2.75) is 18.7 Å². The predicted molar refractivity (Wildman–Crippen MR) is 137 cm³/mol. The van der Waals surface area contributed by atoms with Gasteiger partial charge in [0.2, 0.25) is 0 Å². The predicted octanol–water partition coefficient (Wildman–Crippen LogP) is 5.72. The second-order valence-corrected chi connectivity index (χ2v) is 8.41. The van der Waals surface area contributed by atoms with Crippen molar-refractivity contribution < 1.29 is 19.3 Å². The van der Waals surface area contributed by atoms with Crippen molar-refractivity contribution in [3.05, 3.63) is 77.9 Å². The Labute approximate surface area is 199 Å². The lowest BCUT2D eigenvalue weighted by Gasteiger charge is -2.18. The van der Waals surface area contributed by atoms with Gasteiger partial charge >= 0.3 is 0 Å². The quantitative estimate of drug-likeness (QED) is 0.493. The Kier molecular flexibility index (Phi) is 8.89. The van der Waals surface area contributed by atoms with Gasteiger partial charge in [0, 0.05) is 17.3 Å². The number of aliphatic imine (C=N–C) groups is 1. The van der Waals surface area contributed by atoms with Crippen LogP contribution in [-0.4, -0.2) is 38.0 Å². The number of rotatable bonds is 9. The van der Waals surface area contributed by atoms with E-state index in [1.165, 1.54) is 7.11 Å². The monoisotopic (exact) mass is 466 g/mol. The van der Waals surface area contributed by atoms with Gasteiger partial charge in [-0.2, -0.15) is 0 Å². The van der Waals surface area contributed by atoms with E-state index in [0.717, 1.165) is 40.5 Å². The van der Waals surface area contributed by atoms with Crippen molar-refractivity contribution in [3.63, 3.8) is 0 Å². The van der Waals surface area contributed by atoms with Crippen molar-refractivity contribution in [1.29, 1.82) is 0 Å². The number of nitrogens with one attached hydrogen (secondary N) is 1. The number of methoxy groups -OCH3 is 3. The summed E-state index contributed by atoms with van der Waals surface area (Å²) in [6, 6.07) is 11.1. The normalized spacial score (nSPS) is 18.8. The first-order valence-electron chi connectivity index (χ1n) is 10.7. The topological polar surface area (TPSA) is 72.3 Å². The fraction of sp³-hybridized carbons (Fsp3) is 0.269. The van der Waals surface area contributed by atoms with Crippen molar-refractivity contribution in [2.75, 3.05) is 27.1 Å². The summed E-state index contributed by atoms with van der Waals surface area (Å²) in [6.45, 7) is 2.15. The second kappa shape index (κ2) is 12.1. The number of hydrogen-bond acceptors (Lipinski definition) is 6. The fourth-order valence-electron chi connectivity index (χ4n) is 3.21. The molecule has 2 aromatic carbocycles. The molecule has 0 fully saturated rings. The summed E-state index contributed by atoms with van der Waals surface area (Å²) in [5.41, 5.74) is 2.72. The second-order valence-electron chi connectivity index (χ2n) is 7.22. The van der Waals surface area contributed by atoms with E-state index in [-0.39, 0.29) is 11.1 Å². The third kappa shape index (κ3) is 6.58. The molecule has 2 N–H and O–H groups in total. The smallest absolute Gasteiger partial charge is 0.161 e. The SMILES string of the molecule is CCCSC(\N=C1/C=C\C=C\C=C(\c2ccc(O)c(OC)c2)N1)c1cc(OC)cc(OC)c1. The summed E-state index contributed by atoms with van der Waals surface area (Å²) >= 11 is 1.76. The highest BCUT2D eigenvalue weighted by molar-refractivity contribution is 7.99. The molecule has 3 rings (SSSR count). The Morgan fingerprint density at radius 3 is 2.39 bits per heavy atom. The van der Waals surface area contributed by atoms with Crippen LogP contribution in [-0.2, 0) is 0 Å². The van der Waals surface area contributed by atoms with Crippen LogP contribution in [0.1, 0.15) is 29.8 Å². The van der Waals surface area contributed by atoms with E-state index in [0.29, 0.717) is 11.6 Å². The lowest BCUT2D eigenvalue weighted by Crippen LogP contribution is -2.21. The molecule has 0 spiro atoms. The van der Waals surface area contributed by atoms with Gasteiger partial charge in [0.25, 0.3) is 0 Å². The number of phenolic OH excluding ortho intramolecular Hbond substituents is 1. The molecule has 1 atom stereocenters. The molecule has 0 saturated carbocycles. The first kappa shape index (κ1) is 24.3. The van der Waals surface area contributed by atoms with Gasteiger partial charge in [-0.05, 0) is 60.2 Å². The largest absolute Gasteiger partial charge is 0.504 e. The molecule has 0 radical (unpaired) electrons. The average Bonchev–Trinajstić information content (AvgIpc) is 2.83. The molecule has 6 nitrogen and oxygen atoms in total. The maximum Gasteiger partial charge on any atom is 0.161 e. The van der Waals surface area contributed by atoms with Crippen LogP contribution >= 0.6 is 11.8 Å². The maximum absolute atomic E-state index is 9.96. The van der Waals surface area contributed by atoms with E-state index < -0.39 is 0 Å². The van der Waals surface area contributed by atoms with Crippen LogP contribution in [0.5, 0.6) is 23.0 Å². The zero-order chi connectivity index (χ0) is 23.6. The summed E-state index contributed by atoms with van der Waals surface area (Å²) in [7, 11) is 4.83. The van der Waals surface area contributed by atoms with E-state index in [1.807, 2.05) is 54.6 Å². The highest BCUT2D eigenvalue weighted by Crippen LogP contribution is 2.36. The molecule has 0 amide bonds. The van der Waals surface area contributed by atoms with Crippen LogP contribution in [0.15, 0.2) is 71.8 Å². The molecule has 7 heteroatoms. The van der Waals surface area contributed by atoms with E-state index in [9.17, 15) is 5.11 Å². The number of benzene rings is 2. The third-order valence-electron chi connectivity index (χ3n) is 4.89. The van der Waals surface area contributed by atoms with E-state index >= 15 is 0 Å². The molecule has 0 bridgehead atoms. The number of phenols is 1. The maximum atomic E-state index is 9.96. The van der Waals surface area contributed by atoms with Crippen LogP contribution in [0, 0.1) is 0 Å². The molecular weight excluding hydrogens is 436 g/mol. The minimum atomic E-state index is -0.153. The minimum absolute atomic E-state index is 0.0972. The van der Waals surface area contributed by atoms with Crippen LogP contribution in [0.4, 0.5) is 0 Å². The van der Waals surface area contributed by atoms with Gasteiger partial charge < -0.3 is 24.6 Å². The minimum Gasteiger partial charge on any atom is -0.504 e. The molecule has 0 aliphatic carbocycles. The number of nitrogens with zero attached hydrogens (tertiary/aromatic N) is 1. The van der Waals surface area contributed by atoms with E-state index in [2.05, 4.69) is 12.2 Å². The number of amidine groups is 1. The van der Waals surface area contributed by atoms with Gasteiger partial charge in [-0.3, -0.25) is 0 Å². The van der Waals surface area contributed by atoms with Gasteiger partial charge in [0.1, 0.15) is 22.7 Å². The zero-order valence-electron chi connectivity index (χ0n) is 19.4. The molecule has 1 aliphatic heterocycles. The highest BCUT2D eigenvalue weighted by atomic mass is 32.2. The Morgan fingerprint density at radius 2 is 1.73 bits per heavy atom. The molecular formula is C26H30N2O4S. The van der Waals surface area contributed by atoms with Crippen LogP contribution in [0.2, 0.25) is 0 Å².